The van der Waals surface area contributed by atoms with Gasteiger partial charge in [0.1, 0.15) is 0 Å². The van der Waals surface area contributed by atoms with E-state index < -0.39 is 5.82 Å². The molecule has 0 saturated heterocycles. The summed E-state index contributed by atoms with van der Waals surface area (Å²) in [4.78, 5) is 0. The van der Waals surface area contributed by atoms with Crippen molar-refractivity contribution in [3.05, 3.63) is 29.0 Å². The summed E-state index contributed by atoms with van der Waals surface area (Å²) in [6.45, 7) is 0.551. The van der Waals surface area contributed by atoms with E-state index >= 15 is 0 Å². The number of benzene rings is 1. The summed E-state index contributed by atoms with van der Waals surface area (Å²) in [6, 6.07) is 4.81. The molecule has 0 atom stereocenters. The minimum atomic E-state index is -0.468. The zero-order valence-electron chi connectivity index (χ0n) is 8.10. The first-order valence-electron chi connectivity index (χ1n) is 4.80. The zero-order valence-corrected chi connectivity index (χ0v) is 10.4. The van der Waals surface area contributed by atoms with Gasteiger partial charge in [0.25, 0.3) is 0 Å². The first-order chi connectivity index (χ1) is 7.17. The molecule has 0 unspecified atom stereocenters. The number of alkyl halides is 1. The molecule has 1 aliphatic carbocycles. The highest BCUT2D eigenvalue weighted by atomic mass is 79.9. The summed E-state index contributed by atoms with van der Waals surface area (Å²) in [5, 5.41) is 1.01. The number of halogens is 3. The fraction of sp³-hybridized carbons (Fsp3) is 0.455. The average molecular weight is 294 g/mol. The smallest absolute Gasteiger partial charge is 0.183 e. The topological polar surface area (TPSA) is 9.23 Å². The fourth-order valence-electron chi connectivity index (χ4n) is 1.32. The molecule has 0 spiro atoms. The van der Waals surface area contributed by atoms with Gasteiger partial charge < -0.3 is 4.74 Å². The van der Waals surface area contributed by atoms with Crippen molar-refractivity contribution in [3.63, 3.8) is 0 Å². The molecule has 1 aliphatic rings. The van der Waals surface area contributed by atoms with Crippen LogP contribution in [0.1, 0.15) is 12.8 Å². The predicted octanol–water partition coefficient (Wildman–Crippen LogP) is 4.03. The van der Waals surface area contributed by atoms with Crippen LogP contribution in [0.4, 0.5) is 4.39 Å². The van der Waals surface area contributed by atoms with Gasteiger partial charge in [0.15, 0.2) is 11.6 Å². The van der Waals surface area contributed by atoms with Gasteiger partial charge in [-0.1, -0.05) is 33.6 Å². The monoisotopic (exact) mass is 292 g/mol. The summed E-state index contributed by atoms with van der Waals surface area (Å²) in [7, 11) is 0. The summed E-state index contributed by atoms with van der Waals surface area (Å²) in [5.41, 5.74) is 0.217. The molecule has 0 aromatic heterocycles. The molecule has 1 fully saturated rings. The lowest BCUT2D eigenvalue weighted by atomic mass is 10.2. The SMILES string of the molecule is Fc1c(Cl)cccc1OCC1(CBr)CC1. The molecule has 0 bridgehead atoms. The summed E-state index contributed by atoms with van der Waals surface area (Å²) in [5.74, 6) is -0.223. The first-order valence-corrected chi connectivity index (χ1v) is 6.30. The molecule has 1 nitrogen and oxygen atoms in total. The zero-order chi connectivity index (χ0) is 10.9. The van der Waals surface area contributed by atoms with Crippen molar-refractivity contribution in [1.82, 2.24) is 0 Å². The molecular formula is C11H11BrClFO. The molecule has 0 N–H and O–H groups in total. The lowest BCUT2D eigenvalue weighted by Gasteiger charge is -2.13. The van der Waals surface area contributed by atoms with Crippen LogP contribution in [0.3, 0.4) is 0 Å². The first kappa shape index (κ1) is 11.2. The predicted molar refractivity (Wildman–Crippen MR) is 62.4 cm³/mol. The van der Waals surface area contributed by atoms with Crippen molar-refractivity contribution in [2.75, 3.05) is 11.9 Å². The number of ether oxygens (including phenoxy) is 1. The Labute approximate surface area is 102 Å². The summed E-state index contributed by atoms with van der Waals surface area (Å²) in [6.07, 6.45) is 2.28. The van der Waals surface area contributed by atoms with Crippen LogP contribution in [-0.2, 0) is 0 Å². The molecule has 2 rings (SSSR count). The van der Waals surface area contributed by atoms with Crippen molar-refractivity contribution in [3.8, 4) is 5.75 Å². The molecule has 1 aromatic rings. The highest BCUT2D eigenvalue weighted by Gasteiger charge is 2.42. The highest BCUT2D eigenvalue weighted by Crippen LogP contribution is 2.47. The summed E-state index contributed by atoms with van der Waals surface area (Å²) < 4.78 is 18.9. The summed E-state index contributed by atoms with van der Waals surface area (Å²) >= 11 is 9.09. The number of hydrogen-bond donors (Lipinski definition) is 0. The molecule has 0 aliphatic heterocycles. The second kappa shape index (κ2) is 4.30. The van der Waals surface area contributed by atoms with Gasteiger partial charge in [0.2, 0.25) is 0 Å². The van der Waals surface area contributed by atoms with Gasteiger partial charge in [0.05, 0.1) is 11.6 Å². The van der Waals surface area contributed by atoms with Crippen molar-refractivity contribution in [2.24, 2.45) is 5.41 Å². The third-order valence-electron chi connectivity index (χ3n) is 2.69. The maximum absolute atomic E-state index is 13.4. The van der Waals surface area contributed by atoms with Crippen LogP contribution in [0.2, 0.25) is 5.02 Å². The lowest BCUT2D eigenvalue weighted by molar-refractivity contribution is 0.241. The Hall–Kier alpha value is -0.280. The van der Waals surface area contributed by atoms with Gasteiger partial charge in [-0.25, -0.2) is 4.39 Å². The fourth-order valence-corrected chi connectivity index (χ4v) is 2.21. The Kier molecular flexibility index (Phi) is 3.21. The van der Waals surface area contributed by atoms with E-state index in [1.807, 2.05) is 0 Å². The molecule has 82 valence electrons. The van der Waals surface area contributed by atoms with E-state index in [9.17, 15) is 4.39 Å². The van der Waals surface area contributed by atoms with Gasteiger partial charge in [-0.2, -0.15) is 0 Å². The minimum absolute atomic E-state index is 0.108. The van der Waals surface area contributed by atoms with Crippen molar-refractivity contribution >= 4 is 27.5 Å². The molecule has 4 heteroatoms. The Bertz CT molecular complexity index is 366. The van der Waals surface area contributed by atoms with E-state index in [1.165, 1.54) is 6.07 Å². The van der Waals surface area contributed by atoms with E-state index in [0.717, 1.165) is 18.2 Å². The standard InChI is InChI=1S/C11H11BrClFO/c12-6-11(4-5-11)7-15-9-3-1-2-8(13)10(9)14/h1-3H,4-7H2. The van der Waals surface area contributed by atoms with Gasteiger partial charge in [-0.15, -0.1) is 0 Å². The largest absolute Gasteiger partial charge is 0.490 e. The Balaban J connectivity index is 2.02. The number of rotatable bonds is 4. The van der Waals surface area contributed by atoms with Gasteiger partial charge in [0, 0.05) is 10.7 Å². The highest BCUT2D eigenvalue weighted by molar-refractivity contribution is 9.09. The van der Waals surface area contributed by atoms with Crippen LogP contribution >= 0.6 is 27.5 Å². The lowest BCUT2D eigenvalue weighted by Crippen LogP contribution is -2.14. The van der Waals surface area contributed by atoms with E-state index in [4.69, 9.17) is 16.3 Å². The molecule has 1 aromatic carbocycles. The Morgan fingerprint density at radius 3 is 2.80 bits per heavy atom. The quantitative estimate of drug-likeness (QED) is 0.762. The van der Waals surface area contributed by atoms with Crippen LogP contribution in [0, 0.1) is 11.2 Å². The molecule has 1 saturated carbocycles. The van der Waals surface area contributed by atoms with E-state index in [2.05, 4.69) is 15.9 Å². The maximum Gasteiger partial charge on any atom is 0.183 e. The van der Waals surface area contributed by atoms with Crippen molar-refractivity contribution in [1.29, 1.82) is 0 Å². The molecule has 15 heavy (non-hydrogen) atoms. The molecular weight excluding hydrogens is 282 g/mol. The molecule has 0 amide bonds. The second-order valence-corrected chi connectivity index (χ2v) is 4.94. The van der Waals surface area contributed by atoms with E-state index in [-0.39, 0.29) is 16.2 Å². The van der Waals surface area contributed by atoms with Crippen LogP contribution in [0.5, 0.6) is 5.75 Å². The van der Waals surface area contributed by atoms with Crippen LogP contribution in [-0.4, -0.2) is 11.9 Å². The van der Waals surface area contributed by atoms with Crippen LogP contribution < -0.4 is 4.74 Å². The number of hydrogen-bond acceptors (Lipinski definition) is 1. The molecule has 0 heterocycles. The Morgan fingerprint density at radius 2 is 2.20 bits per heavy atom. The maximum atomic E-state index is 13.4. The van der Waals surface area contributed by atoms with Crippen LogP contribution in [0.25, 0.3) is 0 Å². The minimum Gasteiger partial charge on any atom is -0.490 e. The van der Waals surface area contributed by atoms with Gasteiger partial charge in [-0.05, 0) is 25.0 Å². The van der Waals surface area contributed by atoms with Gasteiger partial charge >= 0.3 is 0 Å². The van der Waals surface area contributed by atoms with E-state index in [1.54, 1.807) is 12.1 Å². The van der Waals surface area contributed by atoms with Crippen molar-refractivity contribution < 1.29 is 9.13 Å². The second-order valence-electron chi connectivity index (χ2n) is 3.97. The third-order valence-corrected chi connectivity index (χ3v) is 4.17. The third kappa shape index (κ3) is 2.45. The Morgan fingerprint density at radius 1 is 1.47 bits per heavy atom. The van der Waals surface area contributed by atoms with Crippen LogP contribution in [0.15, 0.2) is 18.2 Å². The molecule has 0 radical (unpaired) electrons. The van der Waals surface area contributed by atoms with Crippen molar-refractivity contribution in [2.45, 2.75) is 12.8 Å². The van der Waals surface area contributed by atoms with Gasteiger partial charge in [-0.3, -0.25) is 0 Å². The van der Waals surface area contributed by atoms with E-state index in [0.29, 0.717) is 6.61 Å². The normalized spacial score (nSPS) is 17.5. The average Bonchev–Trinajstić information content (AvgIpc) is 3.01.